The Morgan fingerprint density at radius 2 is 1.50 bits per heavy atom. The maximum absolute atomic E-state index is 9.92. The van der Waals surface area contributed by atoms with Crippen LogP contribution in [0.4, 0.5) is 0 Å². The average molecular weight is 287 g/mol. The molecule has 3 nitrogen and oxygen atoms in total. The second-order valence-electron chi connectivity index (χ2n) is 5.07. The summed E-state index contributed by atoms with van der Waals surface area (Å²) in [4.78, 5) is 4.30. The van der Waals surface area contributed by atoms with Crippen LogP contribution < -0.4 is 0 Å². The molecule has 0 saturated carbocycles. The molecule has 4 aromatic rings. The van der Waals surface area contributed by atoms with Gasteiger partial charge in [-0.15, -0.1) is 0 Å². The summed E-state index contributed by atoms with van der Waals surface area (Å²) in [6.07, 6.45) is 1.70. The van der Waals surface area contributed by atoms with Crippen LogP contribution in [0.25, 0.3) is 33.6 Å². The zero-order valence-electron chi connectivity index (χ0n) is 11.7. The minimum absolute atomic E-state index is 0.161. The monoisotopic (exact) mass is 287 g/mol. The highest BCUT2D eigenvalue weighted by Crippen LogP contribution is 2.33. The van der Waals surface area contributed by atoms with Gasteiger partial charge in [-0.1, -0.05) is 54.6 Å². The van der Waals surface area contributed by atoms with E-state index in [1.54, 1.807) is 24.4 Å². The molecule has 0 atom stereocenters. The number of fused-ring (bicyclic) bond motifs is 1. The molecule has 0 radical (unpaired) electrons. The minimum atomic E-state index is 0.161. The van der Waals surface area contributed by atoms with Crippen LogP contribution in [0, 0.1) is 0 Å². The van der Waals surface area contributed by atoms with Crippen molar-refractivity contribution in [1.82, 2.24) is 4.98 Å². The first-order chi connectivity index (χ1) is 10.8. The van der Waals surface area contributed by atoms with Gasteiger partial charge in [0.2, 0.25) is 5.89 Å². The molecular weight excluding hydrogens is 274 g/mol. The van der Waals surface area contributed by atoms with Crippen molar-refractivity contribution in [1.29, 1.82) is 0 Å². The van der Waals surface area contributed by atoms with E-state index < -0.39 is 0 Å². The Bertz CT molecular complexity index is 951. The van der Waals surface area contributed by atoms with Crippen molar-refractivity contribution in [2.75, 3.05) is 0 Å². The van der Waals surface area contributed by atoms with Gasteiger partial charge < -0.3 is 9.52 Å². The van der Waals surface area contributed by atoms with Crippen LogP contribution in [0.2, 0.25) is 0 Å². The third-order valence-electron chi connectivity index (χ3n) is 3.70. The molecule has 1 aromatic heterocycles. The number of phenols is 1. The average Bonchev–Trinajstić information content (AvgIpc) is 3.04. The van der Waals surface area contributed by atoms with E-state index in [1.165, 1.54) is 0 Å². The second-order valence-corrected chi connectivity index (χ2v) is 5.07. The quantitative estimate of drug-likeness (QED) is 0.572. The number of phenolic OH excluding ortho intramolecular Hbond substituents is 1. The first-order valence-corrected chi connectivity index (χ1v) is 7.05. The van der Waals surface area contributed by atoms with Crippen molar-refractivity contribution in [3.8, 4) is 28.5 Å². The molecule has 4 rings (SSSR count). The highest BCUT2D eigenvalue weighted by atomic mass is 16.4. The number of aromatic nitrogens is 1. The molecule has 3 heteroatoms. The maximum Gasteiger partial charge on any atom is 0.230 e. The second kappa shape index (κ2) is 5.04. The SMILES string of the molecule is Oc1ccccc1-c1ncc(-c2cccc3ccccc23)o1. The molecule has 0 bridgehead atoms. The van der Waals surface area contributed by atoms with Gasteiger partial charge in [0.05, 0.1) is 11.8 Å². The lowest BCUT2D eigenvalue weighted by Gasteiger charge is -2.03. The Hall–Kier alpha value is -3.07. The fourth-order valence-corrected chi connectivity index (χ4v) is 2.62. The van der Waals surface area contributed by atoms with Crippen molar-refractivity contribution in [3.05, 3.63) is 72.9 Å². The van der Waals surface area contributed by atoms with Gasteiger partial charge in [0, 0.05) is 5.56 Å². The van der Waals surface area contributed by atoms with Crippen molar-refractivity contribution in [2.45, 2.75) is 0 Å². The minimum Gasteiger partial charge on any atom is -0.507 e. The Morgan fingerprint density at radius 3 is 2.41 bits per heavy atom. The number of para-hydroxylation sites is 1. The molecule has 0 fully saturated rings. The van der Waals surface area contributed by atoms with E-state index in [9.17, 15) is 5.11 Å². The highest BCUT2D eigenvalue weighted by Gasteiger charge is 2.13. The molecule has 0 spiro atoms. The molecule has 106 valence electrons. The van der Waals surface area contributed by atoms with Gasteiger partial charge >= 0.3 is 0 Å². The van der Waals surface area contributed by atoms with Gasteiger partial charge in [0.1, 0.15) is 5.75 Å². The number of oxazole rings is 1. The van der Waals surface area contributed by atoms with Gasteiger partial charge in [0.25, 0.3) is 0 Å². The first kappa shape index (κ1) is 12.7. The smallest absolute Gasteiger partial charge is 0.230 e. The Kier molecular flexibility index (Phi) is 2.90. The summed E-state index contributed by atoms with van der Waals surface area (Å²) in [5.74, 6) is 1.27. The third-order valence-corrected chi connectivity index (χ3v) is 3.70. The first-order valence-electron chi connectivity index (χ1n) is 7.05. The van der Waals surface area contributed by atoms with E-state index >= 15 is 0 Å². The van der Waals surface area contributed by atoms with E-state index in [0.29, 0.717) is 17.2 Å². The van der Waals surface area contributed by atoms with Crippen molar-refractivity contribution in [3.63, 3.8) is 0 Å². The zero-order chi connectivity index (χ0) is 14.9. The molecular formula is C19H13NO2. The van der Waals surface area contributed by atoms with Crippen LogP contribution in [0.15, 0.2) is 77.3 Å². The summed E-state index contributed by atoms with van der Waals surface area (Å²) in [7, 11) is 0. The van der Waals surface area contributed by atoms with Crippen LogP contribution in [0.1, 0.15) is 0 Å². The predicted molar refractivity (Wildman–Crippen MR) is 86.5 cm³/mol. The van der Waals surface area contributed by atoms with Gasteiger partial charge in [-0.25, -0.2) is 4.98 Å². The topological polar surface area (TPSA) is 46.3 Å². The molecule has 1 N–H and O–H groups in total. The molecule has 0 saturated heterocycles. The highest BCUT2D eigenvalue weighted by molar-refractivity contribution is 5.95. The molecule has 0 aliphatic heterocycles. The number of rotatable bonds is 2. The molecule has 0 aliphatic carbocycles. The van der Waals surface area contributed by atoms with Crippen LogP contribution >= 0.6 is 0 Å². The number of hydrogen-bond donors (Lipinski definition) is 1. The van der Waals surface area contributed by atoms with Gasteiger partial charge in [-0.2, -0.15) is 0 Å². The van der Waals surface area contributed by atoms with E-state index in [4.69, 9.17) is 4.42 Å². The molecule has 1 heterocycles. The van der Waals surface area contributed by atoms with E-state index in [1.807, 2.05) is 30.3 Å². The lowest BCUT2D eigenvalue weighted by molar-refractivity contribution is 0.473. The van der Waals surface area contributed by atoms with Gasteiger partial charge in [-0.05, 0) is 22.9 Å². The Labute approximate surface area is 127 Å². The van der Waals surface area contributed by atoms with Crippen LogP contribution in [-0.2, 0) is 0 Å². The zero-order valence-corrected chi connectivity index (χ0v) is 11.7. The lowest BCUT2D eigenvalue weighted by Crippen LogP contribution is -1.78. The van der Waals surface area contributed by atoms with Crippen LogP contribution in [0.3, 0.4) is 0 Å². The molecule has 0 unspecified atom stereocenters. The summed E-state index contributed by atoms with van der Waals surface area (Å²) < 4.78 is 5.87. The third kappa shape index (κ3) is 2.04. The normalized spacial score (nSPS) is 10.9. The molecule has 22 heavy (non-hydrogen) atoms. The van der Waals surface area contributed by atoms with Crippen LogP contribution in [-0.4, -0.2) is 10.1 Å². The summed E-state index contributed by atoms with van der Waals surface area (Å²) in [5.41, 5.74) is 1.58. The number of hydrogen-bond acceptors (Lipinski definition) is 3. The van der Waals surface area contributed by atoms with Gasteiger partial charge in [0.15, 0.2) is 5.76 Å². The van der Waals surface area contributed by atoms with E-state index in [-0.39, 0.29) is 5.75 Å². The van der Waals surface area contributed by atoms with Crippen molar-refractivity contribution < 1.29 is 9.52 Å². The fourth-order valence-electron chi connectivity index (χ4n) is 2.62. The van der Waals surface area contributed by atoms with Gasteiger partial charge in [-0.3, -0.25) is 0 Å². The van der Waals surface area contributed by atoms with Crippen LogP contribution in [0.5, 0.6) is 5.75 Å². The summed E-state index contributed by atoms with van der Waals surface area (Å²) in [6.45, 7) is 0. The van der Waals surface area contributed by atoms with E-state index in [2.05, 4.69) is 23.2 Å². The predicted octanol–water partition coefficient (Wildman–Crippen LogP) is 4.87. The van der Waals surface area contributed by atoms with Crippen molar-refractivity contribution >= 4 is 10.8 Å². The molecule has 0 aliphatic rings. The lowest BCUT2D eigenvalue weighted by atomic mass is 10.0. The number of aromatic hydroxyl groups is 1. The molecule has 3 aromatic carbocycles. The number of nitrogens with zero attached hydrogens (tertiary/aromatic N) is 1. The summed E-state index contributed by atoms with van der Waals surface area (Å²) in [6, 6.07) is 21.3. The Morgan fingerprint density at radius 1 is 0.773 bits per heavy atom. The fraction of sp³-hybridized carbons (Fsp3) is 0. The standard InChI is InChI=1S/C19H13NO2/c21-17-11-4-3-9-16(17)19-20-12-18(22-19)15-10-5-7-13-6-1-2-8-14(13)15/h1-12,21H. The molecule has 0 amide bonds. The van der Waals surface area contributed by atoms with E-state index in [0.717, 1.165) is 16.3 Å². The number of benzene rings is 3. The maximum atomic E-state index is 9.92. The summed E-state index contributed by atoms with van der Waals surface area (Å²) in [5, 5.41) is 12.2. The Balaban J connectivity index is 1.86. The largest absolute Gasteiger partial charge is 0.507 e. The summed E-state index contributed by atoms with van der Waals surface area (Å²) >= 11 is 0. The van der Waals surface area contributed by atoms with Crippen molar-refractivity contribution in [2.24, 2.45) is 0 Å².